The van der Waals surface area contributed by atoms with Gasteiger partial charge in [-0.25, -0.2) is 14.6 Å². The number of carboxylic acids is 1. The lowest BCUT2D eigenvalue weighted by molar-refractivity contribution is -0.152. The van der Waals surface area contributed by atoms with E-state index in [1.54, 1.807) is 24.3 Å². The molecular formula is C25H28N2O6. The predicted octanol–water partition coefficient (Wildman–Crippen LogP) is 4.75. The first-order chi connectivity index (χ1) is 15.7. The molecule has 0 bridgehead atoms. The van der Waals surface area contributed by atoms with Gasteiger partial charge in [0.1, 0.15) is 11.5 Å². The lowest BCUT2D eigenvalue weighted by atomic mass is 10.1. The molecule has 2 aromatic carbocycles. The topological polar surface area (TPSA) is 111 Å². The van der Waals surface area contributed by atoms with Crippen LogP contribution in [0.4, 0.5) is 4.79 Å². The highest BCUT2D eigenvalue weighted by molar-refractivity contribution is 5.76. The van der Waals surface area contributed by atoms with Crippen molar-refractivity contribution in [2.24, 2.45) is 0 Å². The molecule has 2 N–H and O–H groups in total. The third-order valence-electron chi connectivity index (χ3n) is 4.95. The minimum Gasteiger partial charge on any atom is -0.478 e. The number of oxazole rings is 1. The van der Waals surface area contributed by atoms with Gasteiger partial charge in [-0.3, -0.25) is 0 Å². The number of alkyl carbamates (subject to hydrolysis) is 1. The molecule has 174 valence electrons. The molecule has 1 aromatic heterocycles. The van der Waals surface area contributed by atoms with E-state index < -0.39 is 17.7 Å². The van der Waals surface area contributed by atoms with Crippen LogP contribution in [-0.2, 0) is 22.5 Å². The van der Waals surface area contributed by atoms with Crippen LogP contribution < -0.4 is 10.1 Å². The van der Waals surface area contributed by atoms with E-state index in [1.807, 2.05) is 37.3 Å². The number of hydrogen-bond donors (Lipinski definition) is 2. The van der Waals surface area contributed by atoms with Gasteiger partial charge in [-0.15, -0.1) is 0 Å². The van der Waals surface area contributed by atoms with Crippen molar-refractivity contribution in [3.05, 3.63) is 71.6 Å². The van der Waals surface area contributed by atoms with Crippen LogP contribution in [-0.4, -0.2) is 34.4 Å². The maximum Gasteiger partial charge on any atom is 0.407 e. The van der Waals surface area contributed by atoms with E-state index in [-0.39, 0.29) is 13.2 Å². The lowest BCUT2D eigenvalue weighted by Gasteiger charge is -2.21. The SMILES string of the molecule is Cc1oc(-c2ccccc2)nc1CCCOC(=O)NCc1ccc(OC(C)(C)C(=O)O)cc1. The number of rotatable bonds is 10. The van der Waals surface area contributed by atoms with Crippen LogP contribution in [0, 0.1) is 6.92 Å². The van der Waals surface area contributed by atoms with Crippen LogP contribution in [0.25, 0.3) is 11.5 Å². The smallest absolute Gasteiger partial charge is 0.407 e. The number of hydrogen-bond acceptors (Lipinski definition) is 6. The summed E-state index contributed by atoms with van der Waals surface area (Å²) in [4.78, 5) is 27.6. The van der Waals surface area contributed by atoms with E-state index >= 15 is 0 Å². The van der Waals surface area contributed by atoms with E-state index in [9.17, 15) is 9.59 Å². The van der Waals surface area contributed by atoms with Gasteiger partial charge in [0.25, 0.3) is 0 Å². The van der Waals surface area contributed by atoms with Crippen LogP contribution in [0.1, 0.15) is 37.3 Å². The van der Waals surface area contributed by atoms with Crippen molar-refractivity contribution in [3.8, 4) is 17.2 Å². The van der Waals surface area contributed by atoms with Crippen LogP contribution in [0.15, 0.2) is 59.0 Å². The summed E-state index contributed by atoms with van der Waals surface area (Å²) in [5.74, 6) is 0.737. The Hall–Kier alpha value is -3.81. The second kappa shape index (κ2) is 10.7. The molecule has 0 aliphatic carbocycles. The van der Waals surface area contributed by atoms with Crippen LogP contribution in [0.3, 0.4) is 0 Å². The molecule has 3 aromatic rings. The van der Waals surface area contributed by atoms with Crippen molar-refractivity contribution in [1.82, 2.24) is 10.3 Å². The van der Waals surface area contributed by atoms with Crippen molar-refractivity contribution >= 4 is 12.1 Å². The zero-order valence-electron chi connectivity index (χ0n) is 19.0. The molecule has 0 spiro atoms. The Kier molecular flexibility index (Phi) is 7.71. The number of benzene rings is 2. The number of carboxylic acid groups (broad SMARTS) is 1. The fraction of sp³-hybridized carbons (Fsp3) is 0.320. The maximum absolute atomic E-state index is 12.0. The molecule has 3 rings (SSSR count). The van der Waals surface area contributed by atoms with Gasteiger partial charge in [0, 0.05) is 12.1 Å². The molecule has 0 saturated heterocycles. The largest absolute Gasteiger partial charge is 0.478 e. The lowest BCUT2D eigenvalue weighted by Crippen LogP contribution is -2.37. The zero-order valence-corrected chi connectivity index (χ0v) is 19.0. The molecule has 8 nitrogen and oxygen atoms in total. The molecule has 0 fully saturated rings. The number of aryl methyl sites for hydroxylation is 2. The van der Waals surface area contributed by atoms with Gasteiger partial charge in [-0.2, -0.15) is 0 Å². The molecule has 0 unspecified atom stereocenters. The molecule has 8 heteroatoms. The number of carbonyl (C=O) groups is 2. The van der Waals surface area contributed by atoms with E-state index in [0.717, 1.165) is 22.6 Å². The number of nitrogens with one attached hydrogen (secondary N) is 1. The first-order valence-electron chi connectivity index (χ1n) is 10.7. The standard InChI is InChI=1S/C25H28N2O6/c1-17-21(27-22(32-17)19-8-5-4-6-9-19)10-7-15-31-24(30)26-16-18-11-13-20(14-12-18)33-25(2,3)23(28)29/h4-6,8-9,11-14H,7,10,15-16H2,1-3H3,(H,26,30)(H,28,29). The highest BCUT2D eigenvalue weighted by Gasteiger charge is 2.29. The summed E-state index contributed by atoms with van der Waals surface area (Å²) in [6, 6.07) is 16.5. The number of ether oxygens (including phenoxy) is 2. The molecular weight excluding hydrogens is 424 g/mol. The fourth-order valence-electron chi connectivity index (χ4n) is 3.01. The summed E-state index contributed by atoms with van der Waals surface area (Å²) in [7, 11) is 0. The van der Waals surface area contributed by atoms with Gasteiger partial charge < -0.3 is 24.3 Å². The normalized spacial score (nSPS) is 11.1. The summed E-state index contributed by atoms with van der Waals surface area (Å²) in [5, 5.41) is 11.8. The minimum absolute atomic E-state index is 0.260. The highest BCUT2D eigenvalue weighted by atomic mass is 16.5. The first kappa shape index (κ1) is 23.8. The number of amides is 1. The van der Waals surface area contributed by atoms with Crippen molar-refractivity contribution in [3.63, 3.8) is 0 Å². The Bertz CT molecular complexity index is 1070. The average molecular weight is 453 g/mol. The zero-order chi connectivity index (χ0) is 23.8. The molecule has 1 amide bonds. The van der Waals surface area contributed by atoms with Crippen molar-refractivity contribution in [2.75, 3.05) is 6.61 Å². The van der Waals surface area contributed by atoms with Crippen molar-refractivity contribution < 1.29 is 28.6 Å². The van der Waals surface area contributed by atoms with Crippen molar-refractivity contribution in [2.45, 2.75) is 45.8 Å². The van der Waals surface area contributed by atoms with Crippen molar-refractivity contribution in [1.29, 1.82) is 0 Å². The van der Waals surface area contributed by atoms with E-state index in [4.69, 9.17) is 19.0 Å². The van der Waals surface area contributed by atoms with Gasteiger partial charge in [0.15, 0.2) is 5.60 Å². The summed E-state index contributed by atoms with van der Waals surface area (Å²) in [5.41, 5.74) is 1.29. The van der Waals surface area contributed by atoms with Gasteiger partial charge in [0.05, 0.1) is 12.3 Å². The highest BCUT2D eigenvalue weighted by Crippen LogP contribution is 2.22. The second-order valence-electron chi connectivity index (χ2n) is 8.04. The number of aromatic nitrogens is 1. The maximum atomic E-state index is 12.0. The minimum atomic E-state index is -1.32. The predicted molar refractivity (Wildman–Crippen MR) is 122 cm³/mol. The molecule has 0 aliphatic rings. The monoisotopic (exact) mass is 452 g/mol. The summed E-state index contributed by atoms with van der Waals surface area (Å²) in [6.45, 7) is 5.38. The fourth-order valence-corrected chi connectivity index (χ4v) is 3.01. The van der Waals surface area contributed by atoms with Crippen LogP contribution in [0.5, 0.6) is 5.75 Å². The van der Waals surface area contributed by atoms with Gasteiger partial charge in [-0.1, -0.05) is 30.3 Å². The Morgan fingerprint density at radius 1 is 1.09 bits per heavy atom. The second-order valence-corrected chi connectivity index (χ2v) is 8.04. The molecule has 1 heterocycles. The summed E-state index contributed by atoms with van der Waals surface area (Å²) < 4.78 is 16.4. The molecule has 0 saturated carbocycles. The molecule has 0 radical (unpaired) electrons. The van der Waals surface area contributed by atoms with Gasteiger partial charge >= 0.3 is 12.1 Å². The van der Waals surface area contributed by atoms with E-state index in [2.05, 4.69) is 10.3 Å². The first-order valence-corrected chi connectivity index (χ1v) is 10.7. The van der Waals surface area contributed by atoms with Crippen LogP contribution in [0.2, 0.25) is 0 Å². The third-order valence-corrected chi connectivity index (χ3v) is 4.95. The number of nitrogens with zero attached hydrogens (tertiary/aromatic N) is 1. The van der Waals surface area contributed by atoms with Crippen LogP contribution >= 0.6 is 0 Å². The van der Waals surface area contributed by atoms with Gasteiger partial charge in [0.2, 0.25) is 5.89 Å². The Labute approximate surface area is 192 Å². The molecule has 0 atom stereocenters. The molecule has 0 aliphatic heterocycles. The van der Waals surface area contributed by atoms with Gasteiger partial charge in [-0.05, 0) is 63.4 Å². The Balaban J connectivity index is 1.38. The average Bonchev–Trinajstić information content (AvgIpc) is 3.17. The summed E-state index contributed by atoms with van der Waals surface area (Å²) in [6.07, 6.45) is 0.758. The molecule has 33 heavy (non-hydrogen) atoms. The quantitative estimate of drug-likeness (QED) is 0.427. The number of aliphatic carboxylic acids is 1. The Morgan fingerprint density at radius 2 is 1.79 bits per heavy atom. The van der Waals surface area contributed by atoms with E-state index in [0.29, 0.717) is 24.5 Å². The summed E-state index contributed by atoms with van der Waals surface area (Å²) >= 11 is 0. The number of carbonyl (C=O) groups excluding carboxylic acids is 1. The van der Waals surface area contributed by atoms with E-state index in [1.165, 1.54) is 13.8 Å². The third kappa shape index (κ3) is 6.83. The Morgan fingerprint density at radius 3 is 2.45 bits per heavy atom.